The molecule has 88 valence electrons. The van der Waals surface area contributed by atoms with Gasteiger partial charge in [-0.2, -0.15) is 5.10 Å². The summed E-state index contributed by atoms with van der Waals surface area (Å²) in [5.74, 6) is -0.292. The molecule has 0 bridgehead atoms. The molecule has 17 heavy (non-hydrogen) atoms. The lowest BCUT2D eigenvalue weighted by atomic mass is 10.0. The minimum Gasteiger partial charge on any atom is -0.312 e. The molecule has 0 amide bonds. The highest BCUT2D eigenvalue weighted by Gasteiger charge is 2.17. The van der Waals surface area contributed by atoms with E-state index in [0.717, 1.165) is 18.5 Å². The maximum Gasteiger partial charge on any atom is 0.134 e. The summed E-state index contributed by atoms with van der Waals surface area (Å²) in [4.78, 5) is 0. The number of hydrogen-bond acceptors (Lipinski definition) is 2. The van der Waals surface area contributed by atoms with Crippen molar-refractivity contribution >= 4 is 28.1 Å². The average Bonchev–Trinajstić information content (AvgIpc) is 2.81. The fourth-order valence-corrected chi connectivity index (χ4v) is 2.32. The first kappa shape index (κ1) is 10.7. The first-order valence-corrected chi connectivity index (χ1v) is 5.87. The number of nitrogens with zero attached hydrogens (tertiary/aromatic N) is 1. The van der Waals surface area contributed by atoms with E-state index in [-0.39, 0.29) is 5.82 Å². The zero-order chi connectivity index (χ0) is 11.8. The zero-order valence-electron chi connectivity index (χ0n) is 9.06. The minimum atomic E-state index is -0.292. The number of aromatic amines is 1. The van der Waals surface area contributed by atoms with Gasteiger partial charge in [-0.1, -0.05) is 17.7 Å². The second-order valence-corrected chi connectivity index (χ2v) is 4.45. The van der Waals surface area contributed by atoms with Gasteiger partial charge in [-0.15, -0.1) is 0 Å². The van der Waals surface area contributed by atoms with Gasteiger partial charge >= 0.3 is 0 Å². The fraction of sp³-hybridized carbons (Fsp3) is 0.250. The van der Waals surface area contributed by atoms with Gasteiger partial charge < -0.3 is 5.32 Å². The van der Waals surface area contributed by atoms with Gasteiger partial charge in [0.15, 0.2) is 0 Å². The van der Waals surface area contributed by atoms with Crippen molar-refractivity contribution in [1.82, 2.24) is 15.5 Å². The third kappa shape index (κ3) is 1.73. The first-order chi connectivity index (χ1) is 8.27. The predicted octanol–water partition coefficient (Wildman–Crippen LogP) is 2.73. The lowest BCUT2D eigenvalue weighted by Gasteiger charge is -2.12. The molecule has 0 spiro atoms. The Morgan fingerprint density at radius 2 is 2.24 bits per heavy atom. The summed E-state index contributed by atoms with van der Waals surface area (Å²) in [6, 6.07) is 2.91. The monoisotopic (exact) mass is 251 g/mol. The van der Waals surface area contributed by atoms with Gasteiger partial charge in [-0.3, -0.25) is 5.10 Å². The Balaban J connectivity index is 2.24. The smallest absolute Gasteiger partial charge is 0.134 e. The van der Waals surface area contributed by atoms with E-state index in [1.165, 1.54) is 12.1 Å². The predicted molar refractivity (Wildman–Crippen MR) is 66.5 cm³/mol. The van der Waals surface area contributed by atoms with Crippen LogP contribution in [-0.2, 0) is 0 Å². The number of H-pyrrole nitrogens is 1. The molecule has 1 aliphatic rings. The molecule has 0 unspecified atom stereocenters. The quantitative estimate of drug-likeness (QED) is 0.818. The number of aromatic nitrogens is 2. The van der Waals surface area contributed by atoms with Crippen LogP contribution in [0.25, 0.3) is 16.5 Å². The molecule has 2 heterocycles. The van der Waals surface area contributed by atoms with Gasteiger partial charge in [0.25, 0.3) is 0 Å². The summed E-state index contributed by atoms with van der Waals surface area (Å²) < 4.78 is 13.8. The molecule has 2 aromatic rings. The number of fused-ring (bicyclic) bond motifs is 1. The van der Waals surface area contributed by atoms with Crippen LogP contribution >= 0.6 is 11.6 Å². The highest BCUT2D eigenvalue weighted by molar-refractivity contribution is 6.35. The Morgan fingerprint density at radius 3 is 3.00 bits per heavy atom. The van der Waals surface area contributed by atoms with Crippen molar-refractivity contribution in [3.05, 3.63) is 34.7 Å². The van der Waals surface area contributed by atoms with Crippen LogP contribution in [0.2, 0.25) is 5.02 Å². The molecule has 5 heteroatoms. The Labute approximate surface area is 103 Å². The van der Waals surface area contributed by atoms with E-state index in [1.807, 2.05) is 0 Å². The van der Waals surface area contributed by atoms with Crippen LogP contribution in [-0.4, -0.2) is 23.3 Å². The second kappa shape index (κ2) is 4.13. The van der Waals surface area contributed by atoms with Gasteiger partial charge in [0.2, 0.25) is 0 Å². The van der Waals surface area contributed by atoms with E-state index in [2.05, 4.69) is 21.6 Å². The summed E-state index contributed by atoms with van der Waals surface area (Å²) >= 11 is 6.01. The molecule has 0 atom stereocenters. The number of halogens is 2. The molecule has 1 aromatic heterocycles. The Kier molecular flexibility index (Phi) is 2.61. The molecule has 2 N–H and O–H groups in total. The van der Waals surface area contributed by atoms with Gasteiger partial charge in [0, 0.05) is 6.54 Å². The van der Waals surface area contributed by atoms with Gasteiger partial charge in [-0.25, -0.2) is 4.39 Å². The fourth-order valence-electron chi connectivity index (χ4n) is 2.12. The summed E-state index contributed by atoms with van der Waals surface area (Å²) in [5, 5.41) is 11.2. The molecule has 0 saturated heterocycles. The number of rotatable bonds is 1. The number of benzene rings is 1. The van der Waals surface area contributed by atoms with Crippen LogP contribution in [0.1, 0.15) is 12.1 Å². The molecule has 1 aliphatic heterocycles. The molecule has 0 fully saturated rings. The van der Waals surface area contributed by atoms with Crippen molar-refractivity contribution in [1.29, 1.82) is 0 Å². The van der Waals surface area contributed by atoms with Crippen LogP contribution in [0, 0.1) is 5.82 Å². The summed E-state index contributed by atoms with van der Waals surface area (Å²) in [7, 11) is 0. The second-order valence-electron chi connectivity index (χ2n) is 4.05. The maximum atomic E-state index is 13.8. The van der Waals surface area contributed by atoms with Crippen molar-refractivity contribution in [2.45, 2.75) is 6.42 Å². The van der Waals surface area contributed by atoms with E-state index < -0.39 is 0 Å². The van der Waals surface area contributed by atoms with E-state index in [4.69, 9.17) is 11.6 Å². The largest absolute Gasteiger partial charge is 0.312 e. The SMILES string of the molecule is Fc1ccc(Cl)c2[nH]nc(C3=CCCNC3)c12. The van der Waals surface area contributed by atoms with Crippen LogP contribution in [0.3, 0.4) is 0 Å². The number of nitrogens with one attached hydrogen (secondary N) is 2. The van der Waals surface area contributed by atoms with Crippen LogP contribution in [0.4, 0.5) is 4.39 Å². The number of hydrogen-bond donors (Lipinski definition) is 2. The van der Waals surface area contributed by atoms with Gasteiger partial charge in [0.1, 0.15) is 5.82 Å². The van der Waals surface area contributed by atoms with E-state index in [9.17, 15) is 4.39 Å². The third-order valence-electron chi connectivity index (χ3n) is 2.95. The lowest BCUT2D eigenvalue weighted by molar-refractivity contribution is 0.639. The first-order valence-electron chi connectivity index (χ1n) is 5.49. The summed E-state index contributed by atoms with van der Waals surface area (Å²) in [6.07, 6.45) is 3.03. The van der Waals surface area contributed by atoms with E-state index in [1.54, 1.807) is 0 Å². The molecule has 3 nitrogen and oxygen atoms in total. The van der Waals surface area contributed by atoms with Crippen molar-refractivity contribution in [2.75, 3.05) is 13.1 Å². The Bertz CT molecular complexity index is 603. The van der Waals surface area contributed by atoms with Crippen molar-refractivity contribution < 1.29 is 4.39 Å². The standard InChI is InChI=1S/C12H11ClFN3/c13-8-3-4-9(14)10-11(16-17-12(8)10)7-2-1-5-15-6-7/h2-4,15H,1,5-6H2,(H,16,17). The average molecular weight is 252 g/mol. The van der Waals surface area contributed by atoms with Crippen LogP contribution in [0.15, 0.2) is 18.2 Å². The molecule has 3 rings (SSSR count). The van der Waals surface area contributed by atoms with Gasteiger partial charge in [0.05, 0.1) is 21.6 Å². The van der Waals surface area contributed by atoms with E-state index >= 15 is 0 Å². The van der Waals surface area contributed by atoms with Crippen molar-refractivity contribution in [3.8, 4) is 0 Å². The third-order valence-corrected chi connectivity index (χ3v) is 3.27. The minimum absolute atomic E-state index is 0.292. The summed E-state index contributed by atoms with van der Waals surface area (Å²) in [5.41, 5.74) is 2.24. The van der Waals surface area contributed by atoms with Crippen LogP contribution in [0.5, 0.6) is 0 Å². The van der Waals surface area contributed by atoms with Gasteiger partial charge in [-0.05, 0) is 30.7 Å². The molecule has 0 radical (unpaired) electrons. The van der Waals surface area contributed by atoms with E-state index in [0.29, 0.717) is 28.2 Å². The Hall–Kier alpha value is -1.39. The van der Waals surface area contributed by atoms with Crippen LogP contribution < -0.4 is 5.32 Å². The zero-order valence-corrected chi connectivity index (χ0v) is 9.81. The van der Waals surface area contributed by atoms with Crippen molar-refractivity contribution in [3.63, 3.8) is 0 Å². The highest BCUT2D eigenvalue weighted by Crippen LogP contribution is 2.30. The normalized spacial score (nSPS) is 16.2. The highest BCUT2D eigenvalue weighted by atomic mass is 35.5. The summed E-state index contributed by atoms with van der Waals surface area (Å²) in [6.45, 7) is 1.67. The molecular formula is C12H11ClFN3. The molecular weight excluding hydrogens is 241 g/mol. The topological polar surface area (TPSA) is 40.7 Å². The maximum absolute atomic E-state index is 13.8. The molecule has 0 aliphatic carbocycles. The molecule has 0 saturated carbocycles. The Morgan fingerprint density at radius 1 is 1.35 bits per heavy atom. The lowest BCUT2D eigenvalue weighted by Crippen LogP contribution is -2.21. The molecule has 1 aromatic carbocycles. The van der Waals surface area contributed by atoms with Crippen molar-refractivity contribution in [2.24, 2.45) is 0 Å².